The molecule has 17 heavy (non-hydrogen) atoms. The number of rotatable bonds is 5. The van der Waals surface area contributed by atoms with Gasteiger partial charge in [-0.15, -0.1) is 0 Å². The number of benzene rings is 1. The largest absolute Gasteiger partial charge is 0.387 e. The molecule has 0 aliphatic carbocycles. The zero-order chi connectivity index (χ0) is 13.0. The Hall–Kier alpha value is 0.230. The summed E-state index contributed by atoms with van der Waals surface area (Å²) in [6, 6.07) is 3.21. The van der Waals surface area contributed by atoms with Gasteiger partial charge >= 0.3 is 0 Å². The van der Waals surface area contributed by atoms with Crippen LogP contribution in [0.4, 0.5) is 4.39 Å². The standard InChI is InChI=1S/C12H15BrClFOS/c1-3-7(2)17-6-10(16)8-4-5-9(13)11(14)12(8)15/h4-5,7,10,16H,3,6H2,1-2H3. The van der Waals surface area contributed by atoms with Crippen LogP contribution in [0.25, 0.3) is 0 Å². The highest BCUT2D eigenvalue weighted by Gasteiger charge is 2.17. The van der Waals surface area contributed by atoms with Crippen LogP contribution in [0.15, 0.2) is 16.6 Å². The van der Waals surface area contributed by atoms with E-state index in [0.29, 0.717) is 15.5 Å². The lowest BCUT2D eigenvalue weighted by atomic mass is 10.1. The quantitative estimate of drug-likeness (QED) is 0.776. The fourth-order valence-corrected chi connectivity index (χ4v) is 2.67. The molecule has 0 bridgehead atoms. The van der Waals surface area contributed by atoms with Gasteiger partial charge in [0.2, 0.25) is 0 Å². The summed E-state index contributed by atoms with van der Waals surface area (Å²) in [5.74, 6) is -0.0672. The molecule has 0 spiro atoms. The third-order valence-corrected chi connectivity index (χ3v) is 5.21. The minimum absolute atomic E-state index is 0.0232. The highest BCUT2D eigenvalue weighted by molar-refractivity contribution is 9.10. The molecule has 0 saturated carbocycles. The van der Waals surface area contributed by atoms with E-state index in [0.717, 1.165) is 6.42 Å². The Balaban J connectivity index is 2.76. The van der Waals surface area contributed by atoms with Gasteiger partial charge in [0.05, 0.1) is 11.1 Å². The summed E-state index contributed by atoms with van der Waals surface area (Å²) in [4.78, 5) is 0. The Morgan fingerprint density at radius 1 is 1.53 bits per heavy atom. The summed E-state index contributed by atoms with van der Waals surface area (Å²) in [6.45, 7) is 4.17. The molecule has 96 valence electrons. The second kappa shape index (κ2) is 6.98. The van der Waals surface area contributed by atoms with Gasteiger partial charge in [0, 0.05) is 21.0 Å². The minimum atomic E-state index is -0.820. The Morgan fingerprint density at radius 3 is 2.76 bits per heavy atom. The van der Waals surface area contributed by atoms with Crippen molar-refractivity contribution in [2.24, 2.45) is 0 Å². The van der Waals surface area contributed by atoms with Crippen molar-refractivity contribution in [1.29, 1.82) is 0 Å². The second-order valence-corrected chi connectivity index (χ2v) is 6.54. The molecular formula is C12H15BrClFOS. The van der Waals surface area contributed by atoms with Gasteiger partial charge in [-0.25, -0.2) is 4.39 Å². The molecule has 5 heteroatoms. The van der Waals surface area contributed by atoms with Crippen LogP contribution in [-0.2, 0) is 0 Å². The zero-order valence-corrected chi connectivity index (χ0v) is 12.9. The van der Waals surface area contributed by atoms with Crippen LogP contribution in [0.3, 0.4) is 0 Å². The molecule has 0 aliphatic heterocycles. The molecule has 0 aliphatic rings. The van der Waals surface area contributed by atoms with E-state index in [1.165, 1.54) is 0 Å². The van der Waals surface area contributed by atoms with Crippen molar-refractivity contribution in [1.82, 2.24) is 0 Å². The van der Waals surface area contributed by atoms with Gasteiger partial charge in [0.15, 0.2) is 0 Å². The fraction of sp³-hybridized carbons (Fsp3) is 0.500. The smallest absolute Gasteiger partial charge is 0.148 e. The highest BCUT2D eigenvalue weighted by atomic mass is 79.9. The van der Waals surface area contributed by atoms with Gasteiger partial charge in [0.1, 0.15) is 5.82 Å². The van der Waals surface area contributed by atoms with Crippen molar-refractivity contribution >= 4 is 39.3 Å². The Labute approximate surface area is 119 Å². The van der Waals surface area contributed by atoms with E-state index in [1.807, 2.05) is 0 Å². The Morgan fingerprint density at radius 2 is 2.18 bits per heavy atom. The normalized spacial score (nSPS) is 14.7. The van der Waals surface area contributed by atoms with Crippen molar-refractivity contribution in [3.05, 3.63) is 33.0 Å². The van der Waals surface area contributed by atoms with Crippen LogP contribution < -0.4 is 0 Å². The summed E-state index contributed by atoms with van der Waals surface area (Å²) in [6.07, 6.45) is 0.209. The van der Waals surface area contributed by atoms with E-state index in [4.69, 9.17) is 11.6 Å². The van der Waals surface area contributed by atoms with Gasteiger partial charge < -0.3 is 5.11 Å². The average molecular weight is 342 g/mol. The van der Waals surface area contributed by atoms with Crippen LogP contribution in [0.2, 0.25) is 5.02 Å². The molecule has 2 atom stereocenters. The molecule has 1 N–H and O–H groups in total. The number of thioether (sulfide) groups is 1. The van der Waals surface area contributed by atoms with Gasteiger partial charge in [-0.3, -0.25) is 0 Å². The summed E-state index contributed by atoms with van der Waals surface area (Å²) < 4.78 is 14.3. The number of hydrogen-bond donors (Lipinski definition) is 1. The number of halogens is 3. The van der Waals surface area contributed by atoms with E-state index in [1.54, 1.807) is 23.9 Å². The minimum Gasteiger partial charge on any atom is -0.387 e. The first-order chi connectivity index (χ1) is 7.97. The lowest BCUT2D eigenvalue weighted by Crippen LogP contribution is -2.07. The number of aliphatic hydroxyl groups is 1. The van der Waals surface area contributed by atoms with Crippen molar-refractivity contribution in [2.75, 3.05) is 5.75 Å². The molecule has 1 aromatic rings. The van der Waals surface area contributed by atoms with E-state index < -0.39 is 11.9 Å². The molecule has 0 fully saturated rings. The molecular weight excluding hydrogens is 327 g/mol. The summed E-state index contributed by atoms with van der Waals surface area (Å²) in [5.41, 5.74) is 0.258. The SMILES string of the molecule is CCC(C)SCC(O)c1ccc(Br)c(Cl)c1F. The summed E-state index contributed by atoms with van der Waals surface area (Å²) >= 11 is 10.5. The molecule has 1 rings (SSSR count). The first kappa shape index (κ1) is 15.3. The maximum absolute atomic E-state index is 13.8. The second-order valence-electron chi connectivity index (χ2n) is 3.83. The first-order valence-corrected chi connectivity index (χ1v) is 7.62. The van der Waals surface area contributed by atoms with Crippen LogP contribution in [0.5, 0.6) is 0 Å². The van der Waals surface area contributed by atoms with Crippen molar-refractivity contribution in [3.63, 3.8) is 0 Å². The van der Waals surface area contributed by atoms with E-state index in [9.17, 15) is 9.50 Å². The molecule has 1 aromatic carbocycles. The number of hydrogen-bond acceptors (Lipinski definition) is 2. The molecule has 1 nitrogen and oxygen atoms in total. The van der Waals surface area contributed by atoms with Crippen LogP contribution >= 0.6 is 39.3 Å². The monoisotopic (exact) mass is 340 g/mol. The van der Waals surface area contributed by atoms with Crippen LogP contribution in [0, 0.1) is 5.82 Å². The summed E-state index contributed by atoms with van der Waals surface area (Å²) in [5, 5.41) is 10.4. The van der Waals surface area contributed by atoms with E-state index >= 15 is 0 Å². The summed E-state index contributed by atoms with van der Waals surface area (Å²) in [7, 11) is 0. The molecule has 0 radical (unpaired) electrons. The molecule has 0 aromatic heterocycles. The van der Waals surface area contributed by atoms with Gasteiger partial charge in [0.25, 0.3) is 0 Å². The predicted molar refractivity (Wildman–Crippen MR) is 76.3 cm³/mol. The zero-order valence-electron chi connectivity index (χ0n) is 9.71. The van der Waals surface area contributed by atoms with Crippen molar-refractivity contribution < 1.29 is 9.50 Å². The maximum Gasteiger partial charge on any atom is 0.148 e. The van der Waals surface area contributed by atoms with E-state index in [2.05, 4.69) is 29.8 Å². The lowest BCUT2D eigenvalue weighted by molar-refractivity contribution is 0.199. The highest BCUT2D eigenvalue weighted by Crippen LogP contribution is 2.32. The Bertz CT molecular complexity index is 389. The molecule has 0 amide bonds. The predicted octanol–water partition coefficient (Wildman–Crippen LogP) is 4.81. The van der Waals surface area contributed by atoms with E-state index in [-0.39, 0.29) is 10.6 Å². The maximum atomic E-state index is 13.8. The molecule has 2 unspecified atom stereocenters. The molecule has 0 saturated heterocycles. The van der Waals surface area contributed by atoms with Gasteiger partial charge in [-0.05, 0) is 28.4 Å². The van der Waals surface area contributed by atoms with Gasteiger partial charge in [-0.2, -0.15) is 11.8 Å². The topological polar surface area (TPSA) is 20.2 Å². The molecule has 0 heterocycles. The van der Waals surface area contributed by atoms with Crippen molar-refractivity contribution in [2.45, 2.75) is 31.6 Å². The number of aliphatic hydroxyl groups excluding tert-OH is 1. The lowest BCUT2D eigenvalue weighted by Gasteiger charge is -2.15. The first-order valence-electron chi connectivity index (χ1n) is 5.40. The fourth-order valence-electron chi connectivity index (χ4n) is 1.26. The average Bonchev–Trinajstić information content (AvgIpc) is 2.32. The van der Waals surface area contributed by atoms with Crippen molar-refractivity contribution in [3.8, 4) is 0 Å². The van der Waals surface area contributed by atoms with Crippen LogP contribution in [-0.4, -0.2) is 16.1 Å². The third-order valence-electron chi connectivity index (χ3n) is 2.54. The van der Waals surface area contributed by atoms with Crippen LogP contribution in [0.1, 0.15) is 31.9 Å². The third kappa shape index (κ3) is 4.12. The Kier molecular flexibility index (Phi) is 6.27. The van der Waals surface area contributed by atoms with Gasteiger partial charge in [-0.1, -0.05) is 31.5 Å².